The van der Waals surface area contributed by atoms with E-state index in [1.807, 2.05) is 0 Å². The van der Waals surface area contributed by atoms with Gasteiger partial charge in [-0.25, -0.2) is 0 Å². The minimum Gasteiger partial charge on any atom is -0.496 e. The number of nitrogens with one attached hydrogen (secondary N) is 1. The van der Waals surface area contributed by atoms with Crippen molar-refractivity contribution in [3.8, 4) is 5.75 Å². The number of amides is 2. The minimum absolute atomic E-state index is 0.0434. The zero-order valence-electron chi connectivity index (χ0n) is 17.0. The Hall–Kier alpha value is -1.79. The van der Waals surface area contributed by atoms with Crippen molar-refractivity contribution in [2.45, 2.75) is 63.1 Å². The molecule has 7 heteroatoms. The van der Waals surface area contributed by atoms with Gasteiger partial charge in [-0.1, -0.05) is 18.0 Å². The van der Waals surface area contributed by atoms with Crippen LogP contribution in [0.5, 0.6) is 5.75 Å². The molecule has 3 aliphatic rings. The fourth-order valence-electron chi connectivity index (χ4n) is 4.75. The lowest BCUT2D eigenvalue weighted by atomic mass is 10.0. The molecule has 1 aliphatic carbocycles. The van der Waals surface area contributed by atoms with Crippen LogP contribution in [0, 0.1) is 0 Å². The second-order valence-corrected chi connectivity index (χ2v) is 8.80. The predicted octanol–water partition coefficient (Wildman–Crippen LogP) is 3.09. The van der Waals surface area contributed by atoms with Crippen molar-refractivity contribution in [2.24, 2.45) is 0 Å². The van der Waals surface area contributed by atoms with E-state index in [1.54, 1.807) is 23.1 Å². The van der Waals surface area contributed by atoms with Crippen molar-refractivity contribution < 1.29 is 14.3 Å². The van der Waals surface area contributed by atoms with E-state index in [9.17, 15) is 9.59 Å². The number of carbonyl (C=O) groups is 2. The maximum atomic E-state index is 13.1. The van der Waals surface area contributed by atoms with Crippen molar-refractivity contribution in [2.75, 3.05) is 26.7 Å². The standard InChI is InChI=1S/C22H30ClN3O3/c1-29-20-10-7-15(23)13-18(20)22(28)26-12-4-6-19(26)21(27)24-14-17-5-2-3-11-25(17)16-8-9-16/h7,10,13,16-17,19H,2-6,8-9,11-12,14H2,1H3,(H,24,27)/t17-,19+/m0/s1. The van der Waals surface area contributed by atoms with Gasteiger partial charge < -0.3 is 15.0 Å². The fraction of sp³-hybridized carbons (Fsp3) is 0.636. The summed E-state index contributed by atoms with van der Waals surface area (Å²) in [4.78, 5) is 30.4. The van der Waals surface area contributed by atoms with Gasteiger partial charge in [0, 0.05) is 30.2 Å². The highest BCUT2D eigenvalue weighted by Crippen LogP contribution is 2.32. The fourth-order valence-corrected chi connectivity index (χ4v) is 4.92. The minimum atomic E-state index is -0.427. The Morgan fingerprint density at radius 1 is 1.14 bits per heavy atom. The molecule has 1 aromatic carbocycles. The lowest BCUT2D eigenvalue weighted by Gasteiger charge is -2.36. The number of ether oxygens (including phenoxy) is 1. The number of hydrogen-bond donors (Lipinski definition) is 1. The molecule has 6 nitrogen and oxygen atoms in total. The summed E-state index contributed by atoms with van der Waals surface area (Å²) >= 11 is 6.09. The Morgan fingerprint density at radius 2 is 1.97 bits per heavy atom. The topological polar surface area (TPSA) is 61.9 Å². The van der Waals surface area contributed by atoms with Crippen LogP contribution in [0.15, 0.2) is 18.2 Å². The van der Waals surface area contributed by atoms with Crippen LogP contribution >= 0.6 is 11.6 Å². The SMILES string of the molecule is COc1ccc(Cl)cc1C(=O)N1CCC[C@@H]1C(=O)NC[C@@H]1CCCCN1C1CC1. The molecule has 29 heavy (non-hydrogen) atoms. The van der Waals surface area contributed by atoms with Crippen molar-refractivity contribution in [3.63, 3.8) is 0 Å². The van der Waals surface area contributed by atoms with E-state index in [1.165, 1.54) is 32.8 Å². The van der Waals surface area contributed by atoms with Crippen molar-refractivity contribution in [1.82, 2.24) is 15.1 Å². The highest BCUT2D eigenvalue weighted by molar-refractivity contribution is 6.31. The van der Waals surface area contributed by atoms with Crippen LogP contribution in [0.1, 0.15) is 55.3 Å². The summed E-state index contributed by atoms with van der Waals surface area (Å²) in [6, 6.07) is 5.73. The number of piperidine rings is 1. The molecular formula is C22H30ClN3O3. The number of halogens is 1. The molecule has 2 atom stereocenters. The molecule has 0 bridgehead atoms. The zero-order chi connectivity index (χ0) is 20.4. The molecule has 0 unspecified atom stereocenters. The molecular weight excluding hydrogens is 390 g/mol. The quantitative estimate of drug-likeness (QED) is 0.769. The van der Waals surface area contributed by atoms with E-state index in [4.69, 9.17) is 16.3 Å². The Labute approximate surface area is 177 Å². The van der Waals surface area contributed by atoms with Crippen LogP contribution in [0.25, 0.3) is 0 Å². The first-order valence-corrected chi connectivity index (χ1v) is 11.1. The maximum absolute atomic E-state index is 13.1. The average molecular weight is 420 g/mol. The Morgan fingerprint density at radius 3 is 2.72 bits per heavy atom. The summed E-state index contributed by atoms with van der Waals surface area (Å²) in [5.41, 5.74) is 0.409. The van der Waals surface area contributed by atoms with Crippen molar-refractivity contribution >= 4 is 23.4 Å². The zero-order valence-corrected chi connectivity index (χ0v) is 17.8. The summed E-state index contributed by atoms with van der Waals surface area (Å²) in [5, 5.41) is 3.63. The lowest BCUT2D eigenvalue weighted by Crippen LogP contribution is -2.51. The lowest BCUT2D eigenvalue weighted by molar-refractivity contribution is -0.125. The van der Waals surface area contributed by atoms with Gasteiger partial charge in [0.25, 0.3) is 5.91 Å². The summed E-state index contributed by atoms with van der Waals surface area (Å²) in [7, 11) is 1.53. The molecule has 1 saturated carbocycles. The first kappa shape index (κ1) is 20.5. The van der Waals surface area contributed by atoms with E-state index in [0.717, 1.165) is 25.4 Å². The van der Waals surface area contributed by atoms with Crippen LogP contribution in [0.2, 0.25) is 5.02 Å². The number of nitrogens with zero attached hydrogens (tertiary/aromatic N) is 2. The largest absolute Gasteiger partial charge is 0.496 e. The van der Waals surface area contributed by atoms with E-state index >= 15 is 0 Å². The summed E-state index contributed by atoms with van der Waals surface area (Å²) in [6.07, 6.45) is 7.72. The molecule has 2 saturated heterocycles. The summed E-state index contributed by atoms with van der Waals surface area (Å²) in [5.74, 6) is 0.241. The molecule has 4 rings (SSSR count). The Balaban J connectivity index is 1.40. The number of rotatable bonds is 6. The van der Waals surface area contributed by atoms with Crippen LogP contribution in [0.4, 0.5) is 0 Å². The molecule has 1 aromatic rings. The smallest absolute Gasteiger partial charge is 0.258 e. The highest BCUT2D eigenvalue weighted by Gasteiger charge is 2.38. The molecule has 3 fully saturated rings. The van der Waals surface area contributed by atoms with Crippen molar-refractivity contribution in [1.29, 1.82) is 0 Å². The van der Waals surface area contributed by atoms with Crippen LogP contribution < -0.4 is 10.1 Å². The van der Waals surface area contributed by atoms with Gasteiger partial charge in [-0.2, -0.15) is 0 Å². The van der Waals surface area contributed by atoms with E-state index < -0.39 is 6.04 Å². The van der Waals surface area contributed by atoms with Gasteiger partial charge in [0.15, 0.2) is 0 Å². The molecule has 1 N–H and O–H groups in total. The third kappa shape index (κ3) is 4.53. The van der Waals surface area contributed by atoms with Gasteiger partial charge >= 0.3 is 0 Å². The van der Waals surface area contributed by atoms with Gasteiger partial charge in [-0.05, 0) is 63.3 Å². The number of methoxy groups -OCH3 is 1. The average Bonchev–Trinajstić information content (AvgIpc) is 3.47. The van der Waals surface area contributed by atoms with E-state index in [-0.39, 0.29) is 11.8 Å². The van der Waals surface area contributed by atoms with Gasteiger partial charge in [0.2, 0.25) is 5.91 Å². The monoisotopic (exact) mass is 419 g/mol. The summed E-state index contributed by atoms with van der Waals surface area (Å²) in [6.45, 7) is 2.40. The molecule has 0 radical (unpaired) electrons. The number of hydrogen-bond acceptors (Lipinski definition) is 4. The predicted molar refractivity (Wildman–Crippen MR) is 112 cm³/mol. The molecule has 2 amide bonds. The second-order valence-electron chi connectivity index (χ2n) is 8.36. The number of benzene rings is 1. The number of carbonyl (C=O) groups excluding carboxylic acids is 2. The van der Waals surface area contributed by atoms with Gasteiger partial charge in [-0.15, -0.1) is 0 Å². The Bertz CT molecular complexity index is 768. The van der Waals surface area contributed by atoms with Gasteiger partial charge in [-0.3, -0.25) is 14.5 Å². The van der Waals surface area contributed by atoms with Crippen LogP contribution in [0.3, 0.4) is 0 Å². The van der Waals surface area contributed by atoms with Gasteiger partial charge in [0.05, 0.1) is 12.7 Å². The van der Waals surface area contributed by atoms with Crippen LogP contribution in [-0.2, 0) is 4.79 Å². The van der Waals surface area contributed by atoms with Crippen molar-refractivity contribution in [3.05, 3.63) is 28.8 Å². The molecule has 0 spiro atoms. The molecule has 2 aliphatic heterocycles. The highest BCUT2D eigenvalue weighted by atomic mass is 35.5. The third-order valence-corrected chi connectivity index (χ3v) is 6.64. The second kappa shape index (κ2) is 8.92. The third-order valence-electron chi connectivity index (χ3n) is 6.41. The normalized spacial score (nSPS) is 25.1. The number of likely N-dealkylation sites (tertiary alicyclic amines) is 2. The molecule has 0 aromatic heterocycles. The Kier molecular flexibility index (Phi) is 6.30. The molecule has 158 valence electrons. The van der Waals surface area contributed by atoms with Gasteiger partial charge in [0.1, 0.15) is 11.8 Å². The maximum Gasteiger partial charge on any atom is 0.258 e. The van der Waals surface area contributed by atoms with E-state index in [0.29, 0.717) is 41.9 Å². The first-order chi connectivity index (χ1) is 14.1. The molecule has 2 heterocycles. The van der Waals surface area contributed by atoms with E-state index in [2.05, 4.69) is 10.2 Å². The summed E-state index contributed by atoms with van der Waals surface area (Å²) < 4.78 is 5.33. The first-order valence-electron chi connectivity index (χ1n) is 10.8. The van der Waals surface area contributed by atoms with Crippen LogP contribution in [-0.4, -0.2) is 66.5 Å².